The number of rotatable bonds is 7. The maximum atomic E-state index is 12.7. The van der Waals surface area contributed by atoms with Crippen molar-refractivity contribution in [2.75, 3.05) is 27.8 Å². The Morgan fingerprint density at radius 3 is 2.72 bits per heavy atom. The first-order chi connectivity index (χ1) is 15.4. The summed E-state index contributed by atoms with van der Waals surface area (Å²) in [5.74, 6) is 1.67. The van der Waals surface area contributed by atoms with Crippen molar-refractivity contribution in [3.8, 4) is 33.3 Å². The van der Waals surface area contributed by atoms with E-state index in [0.29, 0.717) is 45.1 Å². The lowest BCUT2D eigenvalue weighted by Gasteiger charge is -2.18. The molecule has 2 heterocycles. The van der Waals surface area contributed by atoms with E-state index >= 15 is 0 Å². The summed E-state index contributed by atoms with van der Waals surface area (Å²) in [6.07, 6.45) is 1.61. The topological polar surface area (TPSA) is 77.7 Å². The zero-order valence-electron chi connectivity index (χ0n) is 18.7. The number of aromatic nitrogens is 2. The van der Waals surface area contributed by atoms with Gasteiger partial charge in [0.1, 0.15) is 15.6 Å². The number of hydrogen-bond donors (Lipinski definition) is 0. The van der Waals surface area contributed by atoms with Crippen LogP contribution in [0.5, 0.6) is 11.5 Å². The molecule has 4 rings (SSSR count). The molecule has 0 saturated carbocycles. The molecular weight excluding hydrogens is 426 g/mol. The summed E-state index contributed by atoms with van der Waals surface area (Å²) in [5.41, 5.74) is 3.06. The fourth-order valence-corrected chi connectivity index (χ4v) is 4.58. The lowest BCUT2D eigenvalue weighted by molar-refractivity contribution is 0.0783. The van der Waals surface area contributed by atoms with Crippen molar-refractivity contribution in [3.05, 3.63) is 47.5 Å². The van der Waals surface area contributed by atoms with Gasteiger partial charge in [-0.1, -0.05) is 37.2 Å². The lowest BCUT2D eigenvalue weighted by atomic mass is 10.0. The standard InChI is InChI=1S/C24H25N3O4S/c1-14(2)13-27(3)24(28)20-12-25-23(32-20)21-17-10-9-15(11-19(17)31-26-21)16-7-6-8-18(29-4)22(16)30-5/h6-12,14H,13H2,1-5H3. The van der Waals surface area contributed by atoms with Gasteiger partial charge in [-0.25, -0.2) is 4.98 Å². The lowest BCUT2D eigenvalue weighted by Crippen LogP contribution is -2.29. The van der Waals surface area contributed by atoms with Gasteiger partial charge in [0, 0.05) is 19.2 Å². The number of para-hydroxylation sites is 1. The molecule has 0 fully saturated rings. The molecule has 7 nitrogen and oxygen atoms in total. The summed E-state index contributed by atoms with van der Waals surface area (Å²) in [6, 6.07) is 11.6. The molecule has 0 N–H and O–H groups in total. The van der Waals surface area contributed by atoms with E-state index < -0.39 is 0 Å². The van der Waals surface area contributed by atoms with E-state index in [0.717, 1.165) is 16.5 Å². The van der Waals surface area contributed by atoms with Gasteiger partial charge in [0.25, 0.3) is 5.91 Å². The van der Waals surface area contributed by atoms with Crippen molar-refractivity contribution in [2.45, 2.75) is 13.8 Å². The Labute approximate surface area is 190 Å². The van der Waals surface area contributed by atoms with E-state index in [1.54, 1.807) is 25.3 Å². The Morgan fingerprint density at radius 1 is 1.19 bits per heavy atom. The van der Waals surface area contributed by atoms with Gasteiger partial charge in [-0.3, -0.25) is 4.79 Å². The number of hydrogen-bond acceptors (Lipinski definition) is 7. The Bertz CT molecular complexity index is 1260. The third-order valence-corrected chi connectivity index (χ3v) is 6.08. The molecule has 0 spiro atoms. The number of nitrogens with zero attached hydrogens (tertiary/aromatic N) is 3. The molecule has 0 unspecified atom stereocenters. The molecule has 1 amide bonds. The number of carbonyl (C=O) groups excluding carboxylic acids is 1. The smallest absolute Gasteiger partial charge is 0.265 e. The molecule has 2 aromatic heterocycles. The molecular formula is C24H25N3O4S. The highest BCUT2D eigenvalue weighted by atomic mass is 32.1. The second kappa shape index (κ2) is 9.00. The molecule has 0 aliphatic heterocycles. The average molecular weight is 452 g/mol. The van der Waals surface area contributed by atoms with Gasteiger partial charge in [0.2, 0.25) is 0 Å². The van der Waals surface area contributed by atoms with Crippen LogP contribution in [0, 0.1) is 5.92 Å². The first-order valence-electron chi connectivity index (χ1n) is 10.2. The zero-order chi connectivity index (χ0) is 22.8. The number of amides is 1. The van der Waals surface area contributed by atoms with Crippen molar-refractivity contribution < 1.29 is 18.8 Å². The SMILES string of the molecule is COc1cccc(-c2ccc3c(-c4ncc(C(=O)N(C)CC(C)C)s4)noc3c2)c1OC. The molecule has 0 saturated heterocycles. The van der Waals surface area contributed by atoms with Crippen LogP contribution >= 0.6 is 11.3 Å². The molecule has 0 aliphatic carbocycles. The number of benzene rings is 2. The quantitative estimate of drug-likeness (QED) is 0.376. The first kappa shape index (κ1) is 21.8. The predicted molar refractivity (Wildman–Crippen MR) is 125 cm³/mol. The maximum Gasteiger partial charge on any atom is 0.265 e. The zero-order valence-corrected chi connectivity index (χ0v) is 19.5. The van der Waals surface area contributed by atoms with Gasteiger partial charge in [0.05, 0.1) is 25.8 Å². The Kier molecular flexibility index (Phi) is 6.14. The van der Waals surface area contributed by atoms with Gasteiger partial charge in [-0.05, 0) is 29.7 Å². The fraction of sp³-hybridized carbons (Fsp3) is 0.292. The first-order valence-corrected chi connectivity index (χ1v) is 11.1. The summed E-state index contributed by atoms with van der Waals surface area (Å²) in [5, 5.41) is 5.72. The minimum absolute atomic E-state index is 0.0392. The van der Waals surface area contributed by atoms with Crippen LogP contribution < -0.4 is 9.47 Å². The summed E-state index contributed by atoms with van der Waals surface area (Å²) < 4.78 is 16.6. The highest BCUT2D eigenvalue weighted by Crippen LogP contribution is 2.40. The minimum Gasteiger partial charge on any atom is -0.493 e. The molecule has 32 heavy (non-hydrogen) atoms. The van der Waals surface area contributed by atoms with Crippen LogP contribution in [0.25, 0.3) is 32.8 Å². The van der Waals surface area contributed by atoms with Crippen molar-refractivity contribution in [1.29, 1.82) is 0 Å². The molecule has 8 heteroatoms. The molecule has 4 aromatic rings. The third-order valence-electron chi connectivity index (χ3n) is 5.09. The van der Waals surface area contributed by atoms with Crippen molar-refractivity contribution in [2.24, 2.45) is 5.92 Å². The van der Waals surface area contributed by atoms with E-state index in [1.807, 2.05) is 43.4 Å². The average Bonchev–Trinajstić information content (AvgIpc) is 3.44. The minimum atomic E-state index is -0.0392. The monoisotopic (exact) mass is 451 g/mol. The fourth-order valence-electron chi connectivity index (χ4n) is 3.67. The highest BCUT2D eigenvalue weighted by molar-refractivity contribution is 7.17. The molecule has 2 aromatic carbocycles. The van der Waals surface area contributed by atoms with Crippen LogP contribution in [-0.2, 0) is 0 Å². The Hall–Kier alpha value is -3.39. The van der Waals surface area contributed by atoms with Crippen LogP contribution in [0.2, 0.25) is 0 Å². The van der Waals surface area contributed by atoms with Crippen molar-refractivity contribution in [3.63, 3.8) is 0 Å². The summed E-state index contributed by atoms with van der Waals surface area (Å²) >= 11 is 1.32. The van der Waals surface area contributed by atoms with Crippen molar-refractivity contribution >= 4 is 28.2 Å². The van der Waals surface area contributed by atoms with E-state index in [9.17, 15) is 4.79 Å². The van der Waals surface area contributed by atoms with Gasteiger partial charge < -0.3 is 18.9 Å². The normalized spacial score (nSPS) is 11.2. The van der Waals surface area contributed by atoms with Crippen molar-refractivity contribution in [1.82, 2.24) is 15.0 Å². The number of fused-ring (bicyclic) bond motifs is 1. The predicted octanol–water partition coefficient (Wildman–Crippen LogP) is 5.36. The molecule has 0 radical (unpaired) electrons. The van der Waals surface area contributed by atoms with Gasteiger partial charge >= 0.3 is 0 Å². The Morgan fingerprint density at radius 2 is 2.00 bits per heavy atom. The number of thiazole rings is 1. The molecule has 0 aliphatic rings. The van der Waals surface area contributed by atoms with Crippen LogP contribution in [-0.4, -0.2) is 48.8 Å². The highest BCUT2D eigenvalue weighted by Gasteiger charge is 2.20. The summed E-state index contributed by atoms with van der Waals surface area (Å²) in [4.78, 5) is 19.4. The third kappa shape index (κ3) is 4.05. The largest absolute Gasteiger partial charge is 0.493 e. The Balaban J connectivity index is 1.67. The van der Waals surface area contributed by atoms with Crippen LogP contribution in [0.1, 0.15) is 23.5 Å². The van der Waals surface area contributed by atoms with Gasteiger partial charge in [-0.2, -0.15) is 0 Å². The molecule has 166 valence electrons. The molecule has 0 bridgehead atoms. The number of carbonyl (C=O) groups is 1. The molecule has 0 atom stereocenters. The summed E-state index contributed by atoms with van der Waals surface area (Å²) in [7, 11) is 5.04. The van der Waals surface area contributed by atoms with E-state index in [4.69, 9.17) is 14.0 Å². The van der Waals surface area contributed by atoms with E-state index in [-0.39, 0.29) is 5.91 Å². The van der Waals surface area contributed by atoms with Crippen LogP contribution in [0.3, 0.4) is 0 Å². The second-order valence-electron chi connectivity index (χ2n) is 7.89. The van der Waals surface area contributed by atoms with Crippen LogP contribution in [0.4, 0.5) is 0 Å². The number of ether oxygens (including phenoxy) is 2. The van der Waals surface area contributed by atoms with Crippen LogP contribution in [0.15, 0.2) is 47.1 Å². The second-order valence-corrected chi connectivity index (χ2v) is 8.92. The van der Waals surface area contributed by atoms with Gasteiger partial charge in [0.15, 0.2) is 17.1 Å². The van der Waals surface area contributed by atoms with Gasteiger partial charge in [-0.15, -0.1) is 11.3 Å². The van der Waals surface area contributed by atoms with E-state index in [1.165, 1.54) is 11.3 Å². The summed E-state index contributed by atoms with van der Waals surface area (Å²) in [6.45, 7) is 4.85. The number of methoxy groups -OCH3 is 2. The van der Waals surface area contributed by atoms with E-state index in [2.05, 4.69) is 24.0 Å². The maximum absolute atomic E-state index is 12.7.